The van der Waals surface area contributed by atoms with Crippen LogP contribution in [0.1, 0.15) is 18.5 Å². The summed E-state index contributed by atoms with van der Waals surface area (Å²) in [6, 6.07) is 18.3. The van der Waals surface area contributed by atoms with E-state index >= 15 is 0 Å². The molecular formula is C20H17N5O2. The number of hydrogen-bond donors (Lipinski definition) is 1. The van der Waals surface area contributed by atoms with Gasteiger partial charge in [0.1, 0.15) is 5.82 Å². The Morgan fingerprint density at radius 2 is 1.96 bits per heavy atom. The van der Waals surface area contributed by atoms with E-state index in [1.54, 1.807) is 12.3 Å². The summed E-state index contributed by atoms with van der Waals surface area (Å²) in [7, 11) is 0. The standard InChI is InChI=1S/C20H17N5O2/c1-14(17-5-2-3-6-19(17)24-12-4-11-21-24)22-20-10-7-15-13-16(25(26)27)8-9-18(15)23-20/h2-14H,1H3,(H,22,23). The third-order valence-electron chi connectivity index (χ3n) is 4.40. The van der Waals surface area contributed by atoms with E-state index in [1.807, 2.05) is 47.3 Å². The first-order valence-electron chi connectivity index (χ1n) is 8.52. The minimum atomic E-state index is -0.403. The number of rotatable bonds is 5. The highest BCUT2D eigenvalue weighted by atomic mass is 16.6. The zero-order chi connectivity index (χ0) is 18.8. The molecule has 0 bridgehead atoms. The normalized spacial score (nSPS) is 12.0. The molecular weight excluding hydrogens is 342 g/mol. The number of fused-ring (bicyclic) bond motifs is 1. The van der Waals surface area contributed by atoms with Crippen molar-refractivity contribution in [3.05, 3.63) is 88.7 Å². The van der Waals surface area contributed by atoms with Crippen molar-refractivity contribution in [3.63, 3.8) is 0 Å². The lowest BCUT2D eigenvalue weighted by Crippen LogP contribution is -2.11. The Balaban J connectivity index is 1.63. The van der Waals surface area contributed by atoms with Gasteiger partial charge in [0.05, 0.1) is 22.2 Å². The molecule has 0 aliphatic rings. The number of aromatic nitrogens is 3. The van der Waals surface area contributed by atoms with Gasteiger partial charge in [-0.15, -0.1) is 0 Å². The number of hydrogen-bond acceptors (Lipinski definition) is 5. The third-order valence-corrected chi connectivity index (χ3v) is 4.40. The van der Waals surface area contributed by atoms with E-state index in [9.17, 15) is 10.1 Å². The lowest BCUT2D eigenvalue weighted by Gasteiger charge is -2.18. The van der Waals surface area contributed by atoms with E-state index in [4.69, 9.17) is 0 Å². The quantitative estimate of drug-likeness (QED) is 0.419. The molecule has 27 heavy (non-hydrogen) atoms. The van der Waals surface area contributed by atoms with E-state index in [2.05, 4.69) is 28.4 Å². The van der Waals surface area contributed by atoms with Crippen LogP contribution in [0.5, 0.6) is 0 Å². The molecule has 0 fully saturated rings. The van der Waals surface area contributed by atoms with Gasteiger partial charge in [-0.2, -0.15) is 5.10 Å². The SMILES string of the molecule is CC(Nc1ccc2cc([N+](=O)[O-])ccc2n1)c1ccccc1-n1cccn1. The topological polar surface area (TPSA) is 85.9 Å². The zero-order valence-corrected chi connectivity index (χ0v) is 14.6. The summed E-state index contributed by atoms with van der Waals surface area (Å²) in [6.07, 6.45) is 3.66. The first kappa shape index (κ1) is 16.7. The highest BCUT2D eigenvalue weighted by molar-refractivity contribution is 5.82. The number of pyridine rings is 1. The van der Waals surface area contributed by atoms with Crippen LogP contribution in [0.2, 0.25) is 0 Å². The zero-order valence-electron chi connectivity index (χ0n) is 14.6. The summed E-state index contributed by atoms with van der Waals surface area (Å²) in [5.74, 6) is 0.708. The van der Waals surface area contributed by atoms with Crippen molar-refractivity contribution in [2.45, 2.75) is 13.0 Å². The number of nitrogens with zero attached hydrogens (tertiary/aromatic N) is 4. The number of nitrogens with one attached hydrogen (secondary N) is 1. The maximum Gasteiger partial charge on any atom is 0.270 e. The number of anilines is 1. The highest BCUT2D eigenvalue weighted by Gasteiger charge is 2.13. The van der Waals surface area contributed by atoms with Crippen LogP contribution >= 0.6 is 0 Å². The Morgan fingerprint density at radius 1 is 1.11 bits per heavy atom. The van der Waals surface area contributed by atoms with Crippen molar-refractivity contribution in [2.24, 2.45) is 0 Å². The molecule has 0 saturated heterocycles. The maximum atomic E-state index is 10.9. The van der Waals surface area contributed by atoms with Gasteiger partial charge >= 0.3 is 0 Å². The molecule has 4 rings (SSSR count). The molecule has 7 heteroatoms. The molecule has 0 saturated carbocycles. The van der Waals surface area contributed by atoms with Gasteiger partial charge in [-0.3, -0.25) is 10.1 Å². The van der Waals surface area contributed by atoms with Crippen LogP contribution < -0.4 is 5.32 Å². The van der Waals surface area contributed by atoms with Crippen molar-refractivity contribution >= 4 is 22.4 Å². The summed E-state index contributed by atoms with van der Waals surface area (Å²) >= 11 is 0. The minimum Gasteiger partial charge on any atom is -0.363 e. The van der Waals surface area contributed by atoms with Crippen molar-refractivity contribution in [3.8, 4) is 5.69 Å². The fourth-order valence-corrected chi connectivity index (χ4v) is 3.08. The van der Waals surface area contributed by atoms with Crippen LogP contribution in [-0.2, 0) is 0 Å². The van der Waals surface area contributed by atoms with E-state index in [-0.39, 0.29) is 11.7 Å². The van der Waals surface area contributed by atoms with Crippen LogP contribution in [0.15, 0.2) is 73.1 Å². The van der Waals surface area contributed by atoms with Gasteiger partial charge in [-0.05, 0) is 42.8 Å². The minimum absolute atomic E-state index is 0.00611. The summed E-state index contributed by atoms with van der Waals surface area (Å²) in [5, 5.41) is 19.4. The first-order valence-corrected chi connectivity index (χ1v) is 8.52. The Bertz CT molecular complexity index is 1110. The molecule has 0 amide bonds. The highest BCUT2D eigenvalue weighted by Crippen LogP contribution is 2.26. The molecule has 2 aromatic carbocycles. The number of nitro groups is 1. The van der Waals surface area contributed by atoms with Gasteiger partial charge in [0, 0.05) is 29.9 Å². The molecule has 1 unspecified atom stereocenters. The third kappa shape index (κ3) is 3.35. The summed E-state index contributed by atoms with van der Waals surface area (Å²) in [4.78, 5) is 15.1. The Morgan fingerprint density at radius 3 is 2.74 bits per heavy atom. The fraction of sp³-hybridized carbons (Fsp3) is 0.100. The largest absolute Gasteiger partial charge is 0.363 e. The maximum absolute atomic E-state index is 10.9. The lowest BCUT2D eigenvalue weighted by atomic mass is 10.1. The molecule has 0 aliphatic carbocycles. The van der Waals surface area contributed by atoms with Gasteiger partial charge in [-0.25, -0.2) is 9.67 Å². The predicted molar refractivity (Wildman–Crippen MR) is 104 cm³/mol. The lowest BCUT2D eigenvalue weighted by molar-refractivity contribution is -0.384. The monoisotopic (exact) mass is 359 g/mol. The van der Waals surface area contributed by atoms with Crippen molar-refractivity contribution in [1.29, 1.82) is 0 Å². The molecule has 2 aromatic heterocycles. The van der Waals surface area contributed by atoms with Gasteiger partial charge in [-0.1, -0.05) is 18.2 Å². The first-order chi connectivity index (χ1) is 13.1. The molecule has 0 radical (unpaired) electrons. The Labute approximate surface area is 155 Å². The average molecular weight is 359 g/mol. The molecule has 2 heterocycles. The van der Waals surface area contributed by atoms with Crippen molar-refractivity contribution < 1.29 is 4.92 Å². The molecule has 134 valence electrons. The molecule has 4 aromatic rings. The molecule has 1 atom stereocenters. The van der Waals surface area contributed by atoms with Crippen LogP contribution in [0.3, 0.4) is 0 Å². The average Bonchev–Trinajstić information content (AvgIpc) is 3.22. The van der Waals surface area contributed by atoms with Gasteiger partial charge in [0.15, 0.2) is 0 Å². The van der Waals surface area contributed by atoms with E-state index < -0.39 is 4.92 Å². The second kappa shape index (κ2) is 6.87. The molecule has 1 N–H and O–H groups in total. The van der Waals surface area contributed by atoms with Crippen LogP contribution in [0.4, 0.5) is 11.5 Å². The van der Waals surface area contributed by atoms with Crippen molar-refractivity contribution in [2.75, 3.05) is 5.32 Å². The molecule has 7 nitrogen and oxygen atoms in total. The molecule has 0 spiro atoms. The van der Waals surface area contributed by atoms with Crippen molar-refractivity contribution in [1.82, 2.24) is 14.8 Å². The van der Waals surface area contributed by atoms with Gasteiger partial charge in [0.2, 0.25) is 0 Å². The van der Waals surface area contributed by atoms with Gasteiger partial charge in [0.25, 0.3) is 5.69 Å². The van der Waals surface area contributed by atoms with Crippen LogP contribution in [-0.4, -0.2) is 19.7 Å². The predicted octanol–water partition coefficient (Wildman–Crippen LogP) is 4.50. The number of para-hydroxylation sites is 1. The second-order valence-corrected chi connectivity index (χ2v) is 6.21. The Kier molecular flexibility index (Phi) is 4.25. The second-order valence-electron chi connectivity index (χ2n) is 6.21. The smallest absolute Gasteiger partial charge is 0.270 e. The van der Waals surface area contributed by atoms with E-state index in [0.717, 1.165) is 16.6 Å². The summed E-state index contributed by atoms with van der Waals surface area (Å²) in [6.45, 7) is 2.06. The Hall–Kier alpha value is -3.74. The number of benzene rings is 2. The van der Waals surface area contributed by atoms with Crippen LogP contribution in [0, 0.1) is 10.1 Å². The van der Waals surface area contributed by atoms with E-state index in [1.165, 1.54) is 12.1 Å². The fourth-order valence-electron chi connectivity index (χ4n) is 3.08. The number of nitro benzene ring substituents is 1. The summed E-state index contributed by atoms with van der Waals surface area (Å²) in [5.41, 5.74) is 2.86. The van der Waals surface area contributed by atoms with Crippen LogP contribution in [0.25, 0.3) is 16.6 Å². The van der Waals surface area contributed by atoms with E-state index in [0.29, 0.717) is 11.3 Å². The summed E-state index contributed by atoms with van der Waals surface area (Å²) < 4.78 is 1.83. The molecule has 0 aliphatic heterocycles. The number of non-ortho nitro benzene ring substituents is 1. The van der Waals surface area contributed by atoms with Gasteiger partial charge < -0.3 is 5.32 Å².